The molecular formula is C25H21NO5. The molecule has 0 aliphatic carbocycles. The molecule has 6 heteroatoms. The maximum Gasteiger partial charge on any atom is 0.262 e. The molecule has 0 saturated heterocycles. The second-order valence-corrected chi connectivity index (χ2v) is 7.33. The molecule has 0 radical (unpaired) electrons. The Morgan fingerprint density at radius 3 is 2.74 bits per heavy atom. The summed E-state index contributed by atoms with van der Waals surface area (Å²) in [5, 5.41) is 11.9. The molecule has 2 aliphatic rings. The Balaban J connectivity index is 1.58. The van der Waals surface area contributed by atoms with Gasteiger partial charge < -0.3 is 24.6 Å². The van der Waals surface area contributed by atoms with Crippen molar-refractivity contribution in [2.75, 3.05) is 25.1 Å². The minimum absolute atomic E-state index is 0.0266. The van der Waals surface area contributed by atoms with Crippen molar-refractivity contribution in [1.82, 2.24) is 0 Å². The SMILES string of the molecule is O=C1COc2ccc(C3=Cc4ccc(OCCO)cc4OC3c3ccccc3)cc2N1. The number of hydrogen-bond donors (Lipinski definition) is 2. The summed E-state index contributed by atoms with van der Waals surface area (Å²) in [6.07, 6.45) is 1.76. The lowest BCUT2D eigenvalue weighted by molar-refractivity contribution is -0.118. The van der Waals surface area contributed by atoms with Crippen molar-refractivity contribution in [2.24, 2.45) is 0 Å². The molecule has 3 aromatic rings. The molecular weight excluding hydrogens is 394 g/mol. The maximum atomic E-state index is 11.8. The molecule has 5 rings (SSSR count). The largest absolute Gasteiger partial charge is 0.491 e. The van der Waals surface area contributed by atoms with Gasteiger partial charge in [0.25, 0.3) is 5.91 Å². The third-order valence-electron chi connectivity index (χ3n) is 5.23. The quantitative estimate of drug-likeness (QED) is 0.657. The Morgan fingerprint density at radius 1 is 1.03 bits per heavy atom. The van der Waals surface area contributed by atoms with Crippen molar-refractivity contribution in [2.45, 2.75) is 6.10 Å². The second-order valence-electron chi connectivity index (χ2n) is 7.33. The summed E-state index contributed by atoms with van der Waals surface area (Å²) in [4.78, 5) is 11.8. The summed E-state index contributed by atoms with van der Waals surface area (Å²) >= 11 is 0. The van der Waals surface area contributed by atoms with Crippen LogP contribution in [0.2, 0.25) is 0 Å². The fourth-order valence-electron chi connectivity index (χ4n) is 3.80. The normalized spacial score (nSPS) is 16.7. The number of fused-ring (bicyclic) bond motifs is 2. The standard InChI is InChI=1S/C25H21NO5/c27-10-11-29-19-8-6-18-12-20(17-7-9-22-21(13-17)26-24(28)15-30-22)25(31-23(18)14-19)16-4-2-1-3-5-16/h1-9,12-14,25,27H,10-11,15H2,(H,26,28). The predicted molar refractivity (Wildman–Crippen MR) is 117 cm³/mol. The average Bonchev–Trinajstić information content (AvgIpc) is 2.82. The molecule has 3 aromatic carbocycles. The number of anilines is 1. The summed E-state index contributed by atoms with van der Waals surface area (Å²) in [7, 11) is 0. The number of aliphatic hydroxyl groups excluding tert-OH is 1. The minimum Gasteiger partial charge on any atom is -0.491 e. The zero-order valence-electron chi connectivity index (χ0n) is 16.7. The van der Waals surface area contributed by atoms with E-state index >= 15 is 0 Å². The van der Waals surface area contributed by atoms with Crippen LogP contribution in [0, 0.1) is 0 Å². The molecule has 1 atom stereocenters. The van der Waals surface area contributed by atoms with E-state index in [1.807, 2.05) is 66.7 Å². The van der Waals surface area contributed by atoms with Crippen LogP contribution < -0.4 is 19.5 Å². The molecule has 0 aromatic heterocycles. The number of nitrogens with one attached hydrogen (secondary N) is 1. The molecule has 0 spiro atoms. The van der Waals surface area contributed by atoms with Crippen LogP contribution in [0.4, 0.5) is 5.69 Å². The van der Waals surface area contributed by atoms with Gasteiger partial charge in [-0.15, -0.1) is 0 Å². The van der Waals surface area contributed by atoms with E-state index in [9.17, 15) is 4.79 Å². The monoisotopic (exact) mass is 415 g/mol. The van der Waals surface area contributed by atoms with Gasteiger partial charge in [0, 0.05) is 17.2 Å². The van der Waals surface area contributed by atoms with Gasteiger partial charge in [-0.2, -0.15) is 0 Å². The van der Waals surface area contributed by atoms with Crippen LogP contribution in [0.1, 0.15) is 22.8 Å². The molecule has 6 nitrogen and oxygen atoms in total. The number of hydrogen-bond acceptors (Lipinski definition) is 5. The van der Waals surface area contributed by atoms with Gasteiger partial charge in [0.15, 0.2) is 6.61 Å². The molecule has 156 valence electrons. The molecule has 0 fully saturated rings. The highest BCUT2D eigenvalue weighted by Gasteiger charge is 2.27. The van der Waals surface area contributed by atoms with E-state index in [2.05, 4.69) is 11.4 Å². The van der Waals surface area contributed by atoms with Crippen LogP contribution >= 0.6 is 0 Å². The number of carbonyl (C=O) groups excluding carboxylic acids is 1. The number of amides is 1. The molecule has 2 aliphatic heterocycles. The molecule has 0 bridgehead atoms. The van der Waals surface area contributed by atoms with Gasteiger partial charge >= 0.3 is 0 Å². The van der Waals surface area contributed by atoms with E-state index in [4.69, 9.17) is 19.3 Å². The summed E-state index contributed by atoms with van der Waals surface area (Å²) < 4.78 is 17.5. The molecule has 0 saturated carbocycles. The number of benzene rings is 3. The van der Waals surface area contributed by atoms with Crippen LogP contribution in [0.5, 0.6) is 17.2 Å². The lowest BCUT2D eigenvalue weighted by atomic mass is 9.90. The van der Waals surface area contributed by atoms with E-state index in [1.54, 1.807) is 0 Å². The van der Waals surface area contributed by atoms with Gasteiger partial charge in [0.05, 0.1) is 12.3 Å². The van der Waals surface area contributed by atoms with Crippen molar-refractivity contribution >= 4 is 23.2 Å². The summed E-state index contributed by atoms with van der Waals surface area (Å²) in [6.45, 7) is 0.205. The van der Waals surface area contributed by atoms with E-state index in [1.165, 1.54) is 0 Å². The zero-order chi connectivity index (χ0) is 21.2. The zero-order valence-corrected chi connectivity index (χ0v) is 16.7. The van der Waals surface area contributed by atoms with E-state index < -0.39 is 0 Å². The van der Waals surface area contributed by atoms with Crippen molar-refractivity contribution in [3.8, 4) is 17.2 Å². The first kappa shape index (κ1) is 19.2. The fraction of sp³-hybridized carbons (Fsp3) is 0.160. The average molecular weight is 415 g/mol. The Morgan fingerprint density at radius 2 is 1.90 bits per heavy atom. The number of carbonyl (C=O) groups is 1. The van der Waals surface area contributed by atoms with E-state index in [0.29, 0.717) is 22.9 Å². The molecule has 1 amide bonds. The predicted octanol–water partition coefficient (Wildman–Crippen LogP) is 4.06. The Labute approximate surface area is 179 Å². The summed E-state index contributed by atoms with van der Waals surface area (Å²) in [6, 6.07) is 21.4. The van der Waals surface area contributed by atoms with Gasteiger partial charge in [0.2, 0.25) is 0 Å². The number of rotatable bonds is 5. The van der Waals surface area contributed by atoms with Crippen LogP contribution in [0.25, 0.3) is 11.6 Å². The third-order valence-corrected chi connectivity index (χ3v) is 5.23. The van der Waals surface area contributed by atoms with E-state index in [-0.39, 0.29) is 31.8 Å². The maximum absolute atomic E-state index is 11.8. The van der Waals surface area contributed by atoms with Gasteiger partial charge in [-0.3, -0.25) is 4.79 Å². The highest BCUT2D eigenvalue weighted by molar-refractivity contribution is 5.97. The fourth-order valence-corrected chi connectivity index (χ4v) is 3.80. The van der Waals surface area contributed by atoms with Gasteiger partial charge in [0.1, 0.15) is 30.0 Å². The molecule has 2 N–H and O–H groups in total. The number of ether oxygens (including phenoxy) is 3. The van der Waals surface area contributed by atoms with Gasteiger partial charge in [-0.25, -0.2) is 0 Å². The van der Waals surface area contributed by atoms with Crippen LogP contribution in [-0.2, 0) is 4.79 Å². The molecule has 2 heterocycles. The van der Waals surface area contributed by atoms with Crippen LogP contribution in [-0.4, -0.2) is 30.8 Å². The molecule has 31 heavy (non-hydrogen) atoms. The Kier molecular flexibility index (Phi) is 5.06. The first-order chi connectivity index (χ1) is 15.2. The van der Waals surface area contributed by atoms with Crippen molar-refractivity contribution in [1.29, 1.82) is 0 Å². The lowest BCUT2D eigenvalue weighted by Gasteiger charge is -2.29. The number of aliphatic hydroxyl groups is 1. The second kappa shape index (κ2) is 8.16. The van der Waals surface area contributed by atoms with E-state index in [0.717, 1.165) is 22.3 Å². The summed E-state index contributed by atoms with van der Waals surface area (Å²) in [5.74, 6) is 1.84. The summed E-state index contributed by atoms with van der Waals surface area (Å²) in [5.41, 5.74) is 4.51. The smallest absolute Gasteiger partial charge is 0.262 e. The Bertz CT molecular complexity index is 1160. The lowest BCUT2D eigenvalue weighted by Crippen LogP contribution is -2.25. The van der Waals surface area contributed by atoms with Crippen molar-refractivity contribution < 1.29 is 24.1 Å². The minimum atomic E-state index is -0.333. The van der Waals surface area contributed by atoms with Gasteiger partial charge in [-0.1, -0.05) is 36.4 Å². The van der Waals surface area contributed by atoms with Crippen molar-refractivity contribution in [3.63, 3.8) is 0 Å². The van der Waals surface area contributed by atoms with Crippen molar-refractivity contribution in [3.05, 3.63) is 83.4 Å². The van der Waals surface area contributed by atoms with Gasteiger partial charge in [-0.05, 0) is 41.5 Å². The first-order valence-electron chi connectivity index (χ1n) is 10.1. The third kappa shape index (κ3) is 3.85. The first-order valence-corrected chi connectivity index (χ1v) is 10.1. The highest BCUT2D eigenvalue weighted by Crippen LogP contribution is 2.44. The Hall–Kier alpha value is -3.77. The van der Waals surface area contributed by atoms with Crippen LogP contribution in [0.15, 0.2) is 66.7 Å². The topological polar surface area (TPSA) is 77.0 Å². The highest BCUT2D eigenvalue weighted by atomic mass is 16.5. The molecule has 1 unspecified atom stereocenters. The van der Waals surface area contributed by atoms with Crippen LogP contribution in [0.3, 0.4) is 0 Å².